The molecule has 0 radical (unpaired) electrons. The van der Waals surface area contributed by atoms with Gasteiger partial charge in [0.25, 0.3) is 11.8 Å². The van der Waals surface area contributed by atoms with E-state index in [0.717, 1.165) is 6.42 Å². The lowest BCUT2D eigenvalue weighted by molar-refractivity contribution is -0.151. The van der Waals surface area contributed by atoms with Crippen molar-refractivity contribution in [1.82, 2.24) is 10.6 Å². The third-order valence-electron chi connectivity index (χ3n) is 3.92. The number of hydrogen-bond donors (Lipinski definition) is 2. The Morgan fingerprint density at radius 1 is 1.04 bits per heavy atom. The summed E-state index contributed by atoms with van der Waals surface area (Å²) in [5, 5.41) is 5.37. The molecular weight excluding hydrogens is 336 g/mol. The molecule has 1 rings (SSSR count). The van der Waals surface area contributed by atoms with Gasteiger partial charge in [-0.2, -0.15) is 0 Å². The first-order valence-corrected chi connectivity index (χ1v) is 8.69. The second kappa shape index (κ2) is 10.4. The smallest absolute Gasteiger partial charge is 0.329 e. The van der Waals surface area contributed by atoms with Crippen molar-refractivity contribution in [2.45, 2.75) is 46.2 Å². The zero-order valence-electron chi connectivity index (χ0n) is 16.0. The van der Waals surface area contributed by atoms with Gasteiger partial charge in [-0.25, -0.2) is 4.79 Å². The summed E-state index contributed by atoms with van der Waals surface area (Å²) >= 11 is 0. The van der Waals surface area contributed by atoms with Crippen molar-refractivity contribution in [1.29, 1.82) is 0 Å². The SMILES string of the molecule is CC[C@H](C)NC(=O)COC(=O)[C@@H](NC(=O)c1ccc(OC)cc1)C(C)C. The van der Waals surface area contributed by atoms with Crippen LogP contribution in [0.1, 0.15) is 44.5 Å². The van der Waals surface area contributed by atoms with E-state index in [-0.39, 0.29) is 24.5 Å². The molecule has 0 fully saturated rings. The van der Waals surface area contributed by atoms with Gasteiger partial charge in [-0.3, -0.25) is 9.59 Å². The maximum absolute atomic E-state index is 12.3. The summed E-state index contributed by atoms with van der Waals surface area (Å²) in [5.41, 5.74) is 0.402. The highest BCUT2D eigenvalue weighted by molar-refractivity contribution is 5.97. The minimum Gasteiger partial charge on any atom is -0.497 e. The van der Waals surface area contributed by atoms with Crippen LogP contribution in [-0.4, -0.2) is 43.6 Å². The lowest BCUT2D eigenvalue weighted by Gasteiger charge is -2.21. The van der Waals surface area contributed by atoms with Crippen LogP contribution >= 0.6 is 0 Å². The number of benzene rings is 1. The minimum absolute atomic E-state index is 0.0110. The van der Waals surface area contributed by atoms with Gasteiger partial charge in [0, 0.05) is 11.6 Å². The van der Waals surface area contributed by atoms with Crippen molar-refractivity contribution in [2.75, 3.05) is 13.7 Å². The number of hydrogen-bond acceptors (Lipinski definition) is 5. The minimum atomic E-state index is -0.846. The number of amides is 2. The molecule has 0 saturated heterocycles. The number of esters is 1. The Labute approximate surface area is 154 Å². The van der Waals surface area contributed by atoms with E-state index in [1.807, 2.05) is 13.8 Å². The van der Waals surface area contributed by atoms with Gasteiger partial charge in [-0.1, -0.05) is 20.8 Å². The average molecular weight is 364 g/mol. The molecule has 26 heavy (non-hydrogen) atoms. The second-order valence-electron chi connectivity index (χ2n) is 6.41. The van der Waals surface area contributed by atoms with Gasteiger partial charge in [-0.15, -0.1) is 0 Å². The highest BCUT2D eigenvalue weighted by Crippen LogP contribution is 2.12. The van der Waals surface area contributed by atoms with E-state index in [1.165, 1.54) is 7.11 Å². The summed E-state index contributed by atoms with van der Waals surface area (Å²) in [6, 6.07) is 5.71. The van der Waals surface area contributed by atoms with E-state index in [9.17, 15) is 14.4 Å². The van der Waals surface area contributed by atoms with Crippen LogP contribution in [0.2, 0.25) is 0 Å². The van der Waals surface area contributed by atoms with Crippen molar-refractivity contribution in [2.24, 2.45) is 5.92 Å². The predicted molar refractivity (Wildman–Crippen MR) is 97.9 cm³/mol. The number of nitrogens with one attached hydrogen (secondary N) is 2. The lowest BCUT2D eigenvalue weighted by atomic mass is 10.0. The van der Waals surface area contributed by atoms with Crippen LogP contribution in [0.25, 0.3) is 0 Å². The Bertz CT molecular complexity index is 613. The third-order valence-corrected chi connectivity index (χ3v) is 3.92. The molecule has 1 aromatic rings. The fraction of sp³-hybridized carbons (Fsp3) is 0.526. The molecule has 2 atom stereocenters. The summed E-state index contributed by atoms with van der Waals surface area (Å²) in [4.78, 5) is 36.3. The van der Waals surface area contributed by atoms with Crippen molar-refractivity contribution < 1.29 is 23.9 Å². The van der Waals surface area contributed by atoms with E-state index in [1.54, 1.807) is 38.1 Å². The predicted octanol–water partition coefficient (Wildman–Crippen LogP) is 1.91. The van der Waals surface area contributed by atoms with Crippen LogP contribution in [0.5, 0.6) is 5.75 Å². The topological polar surface area (TPSA) is 93.7 Å². The quantitative estimate of drug-likeness (QED) is 0.653. The zero-order chi connectivity index (χ0) is 19.7. The monoisotopic (exact) mass is 364 g/mol. The van der Waals surface area contributed by atoms with Crippen molar-refractivity contribution in [3.8, 4) is 5.75 Å². The largest absolute Gasteiger partial charge is 0.497 e. The molecular formula is C19H28N2O5. The third kappa shape index (κ3) is 6.74. The average Bonchev–Trinajstić information content (AvgIpc) is 2.63. The summed E-state index contributed by atoms with van der Waals surface area (Å²) in [7, 11) is 1.54. The van der Waals surface area contributed by atoms with Gasteiger partial charge < -0.3 is 20.1 Å². The molecule has 0 aliphatic carbocycles. The maximum Gasteiger partial charge on any atom is 0.329 e. The van der Waals surface area contributed by atoms with E-state index in [4.69, 9.17) is 9.47 Å². The molecule has 0 heterocycles. The molecule has 7 heteroatoms. The van der Waals surface area contributed by atoms with Gasteiger partial charge in [0.15, 0.2) is 6.61 Å². The molecule has 0 aliphatic heterocycles. The van der Waals surface area contributed by atoms with Gasteiger partial charge in [-0.05, 0) is 43.5 Å². The molecule has 1 aromatic carbocycles. The molecule has 0 aromatic heterocycles. The summed E-state index contributed by atoms with van der Waals surface area (Å²) < 4.78 is 10.1. The van der Waals surface area contributed by atoms with Crippen LogP contribution in [0.4, 0.5) is 0 Å². The Hall–Kier alpha value is -2.57. The Morgan fingerprint density at radius 2 is 1.65 bits per heavy atom. The van der Waals surface area contributed by atoms with Crippen molar-refractivity contribution >= 4 is 17.8 Å². The van der Waals surface area contributed by atoms with Gasteiger partial charge in [0.2, 0.25) is 0 Å². The van der Waals surface area contributed by atoms with Crippen LogP contribution in [0.15, 0.2) is 24.3 Å². The number of carbonyl (C=O) groups is 3. The first-order chi connectivity index (χ1) is 12.3. The van der Waals surface area contributed by atoms with E-state index < -0.39 is 17.9 Å². The normalized spacial score (nSPS) is 12.8. The Kier molecular flexibility index (Phi) is 8.61. The van der Waals surface area contributed by atoms with Gasteiger partial charge in [0.05, 0.1) is 7.11 Å². The highest BCUT2D eigenvalue weighted by Gasteiger charge is 2.26. The summed E-state index contributed by atoms with van der Waals surface area (Å²) in [6.45, 7) is 7.02. The van der Waals surface area contributed by atoms with E-state index in [2.05, 4.69) is 10.6 Å². The fourth-order valence-corrected chi connectivity index (χ4v) is 2.11. The van der Waals surface area contributed by atoms with Gasteiger partial charge in [0.1, 0.15) is 11.8 Å². The van der Waals surface area contributed by atoms with Crippen LogP contribution in [-0.2, 0) is 14.3 Å². The first kappa shape index (κ1) is 21.5. The Morgan fingerprint density at radius 3 is 2.15 bits per heavy atom. The number of methoxy groups -OCH3 is 1. The van der Waals surface area contributed by atoms with Crippen molar-refractivity contribution in [3.05, 3.63) is 29.8 Å². The molecule has 0 spiro atoms. The highest BCUT2D eigenvalue weighted by atomic mass is 16.5. The number of rotatable bonds is 9. The maximum atomic E-state index is 12.3. The standard InChI is InChI=1S/C19H28N2O5/c1-6-13(4)20-16(22)11-26-19(24)17(12(2)3)21-18(23)14-7-9-15(25-5)10-8-14/h7-10,12-13,17H,6,11H2,1-5H3,(H,20,22)(H,21,23)/t13-,17-/m0/s1. The first-order valence-electron chi connectivity index (χ1n) is 8.69. The van der Waals surface area contributed by atoms with Crippen LogP contribution in [0.3, 0.4) is 0 Å². The molecule has 2 N–H and O–H groups in total. The zero-order valence-corrected chi connectivity index (χ0v) is 16.0. The molecule has 144 valence electrons. The molecule has 7 nitrogen and oxygen atoms in total. The van der Waals surface area contributed by atoms with Crippen molar-refractivity contribution in [3.63, 3.8) is 0 Å². The fourth-order valence-electron chi connectivity index (χ4n) is 2.11. The molecule has 0 aliphatic rings. The molecule has 2 amide bonds. The molecule has 0 saturated carbocycles. The molecule has 0 bridgehead atoms. The van der Waals surface area contributed by atoms with E-state index >= 15 is 0 Å². The van der Waals surface area contributed by atoms with Crippen LogP contribution in [0, 0.1) is 5.92 Å². The summed E-state index contributed by atoms with van der Waals surface area (Å²) in [5.74, 6) is -0.957. The van der Waals surface area contributed by atoms with Crippen LogP contribution < -0.4 is 15.4 Å². The van der Waals surface area contributed by atoms with Gasteiger partial charge >= 0.3 is 5.97 Å². The molecule has 0 unspecified atom stereocenters. The van der Waals surface area contributed by atoms with E-state index in [0.29, 0.717) is 11.3 Å². The summed E-state index contributed by atoms with van der Waals surface area (Å²) in [6.07, 6.45) is 0.784. The lowest BCUT2D eigenvalue weighted by Crippen LogP contribution is -2.46. The Balaban J connectivity index is 2.65. The number of carbonyl (C=O) groups excluding carboxylic acids is 3. The second-order valence-corrected chi connectivity index (χ2v) is 6.41. The number of ether oxygens (including phenoxy) is 2.